The number of carboxylic acids is 1. The lowest BCUT2D eigenvalue weighted by molar-refractivity contribution is -0.140. The fraction of sp³-hybridized carbons (Fsp3) is 0.273. The van der Waals surface area contributed by atoms with Gasteiger partial charge in [-0.2, -0.15) is 4.39 Å². The molecule has 0 fully saturated rings. The first kappa shape index (κ1) is 9.93. The van der Waals surface area contributed by atoms with Crippen molar-refractivity contribution < 1.29 is 36.7 Å². The van der Waals surface area contributed by atoms with Crippen LogP contribution in [-0.4, -0.2) is 23.9 Å². The molecule has 0 amide bonds. The van der Waals surface area contributed by atoms with Gasteiger partial charge < -0.3 is 9.84 Å². The maximum absolute atomic E-state index is 13.5. The van der Waals surface area contributed by atoms with Crippen LogP contribution in [0.25, 0.3) is 0 Å². The maximum atomic E-state index is 13.5. The minimum atomic E-state index is -3.10. The number of carbonyl (C=O) groups excluding carboxylic acids is 1. The topological polar surface area (TPSA) is 63.6 Å². The number of hydrogen-bond acceptors (Lipinski definition) is 3. The molecule has 1 rings (SSSR count). The van der Waals surface area contributed by atoms with Crippen molar-refractivity contribution in [3.8, 4) is 5.75 Å². The molecule has 1 aromatic rings. The monoisotopic (exact) mass is 265 g/mol. The van der Waals surface area contributed by atoms with Gasteiger partial charge in [0.25, 0.3) is 0 Å². The quantitative estimate of drug-likeness (QED) is 0.650. The zero-order valence-electron chi connectivity index (χ0n) is 11.8. The summed E-state index contributed by atoms with van der Waals surface area (Å²) in [6.07, 6.45) is -1.78. The molecule has 0 saturated heterocycles. The van der Waals surface area contributed by atoms with Crippen LogP contribution in [0.1, 0.15) is 16.1 Å². The van der Waals surface area contributed by atoms with Gasteiger partial charge >= 0.3 is 5.97 Å². The number of Topliss-reactive ketones (excluding diaryl/α,β-unsaturated/α-hetero) is 1. The molecule has 0 atom stereocenters. The van der Waals surface area contributed by atoms with Gasteiger partial charge in [-0.1, -0.05) is 0 Å². The molecule has 98 valence electrons. The molecule has 18 heavy (non-hydrogen) atoms. The van der Waals surface area contributed by atoms with E-state index < -0.39 is 60.4 Å². The van der Waals surface area contributed by atoms with Crippen LogP contribution in [0.15, 0.2) is 6.07 Å². The van der Waals surface area contributed by atoms with E-state index >= 15 is 0 Å². The standard InChI is InChI=1S/C11H9F3O4/c1-18-7-3-5(2-6(15)4-8(16)17)9(12)11(14)10(7)13/h3H,2,4H2,1H3,(H,16,17)/i1D3. The largest absolute Gasteiger partial charge is 0.494 e. The Morgan fingerprint density at radius 3 is 2.56 bits per heavy atom. The normalized spacial score (nSPS) is 13.4. The van der Waals surface area contributed by atoms with Crippen LogP contribution in [0.2, 0.25) is 0 Å². The Kier molecular flexibility index (Phi) is 3.05. The minimum absolute atomic E-state index is 0.514. The summed E-state index contributed by atoms with van der Waals surface area (Å²) in [5.74, 6) is -9.08. The van der Waals surface area contributed by atoms with Gasteiger partial charge in [0, 0.05) is 12.0 Å². The molecule has 7 heteroatoms. The second-order valence-corrected chi connectivity index (χ2v) is 3.36. The molecule has 0 bridgehead atoms. The molecule has 4 nitrogen and oxygen atoms in total. The van der Waals surface area contributed by atoms with Gasteiger partial charge in [-0.05, 0) is 6.07 Å². The molecule has 0 aliphatic heterocycles. The number of ether oxygens (including phenoxy) is 1. The lowest BCUT2D eigenvalue weighted by Gasteiger charge is -2.08. The Morgan fingerprint density at radius 2 is 2.00 bits per heavy atom. The number of rotatable bonds is 5. The van der Waals surface area contributed by atoms with Crippen LogP contribution in [0, 0.1) is 17.5 Å². The Hall–Kier alpha value is -2.05. The summed E-state index contributed by atoms with van der Waals surface area (Å²) in [5, 5.41) is 8.39. The van der Waals surface area contributed by atoms with Crippen LogP contribution in [0.4, 0.5) is 13.2 Å². The van der Waals surface area contributed by atoms with E-state index in [0.717, 1.165) is 0 Å². The summed E-state index contributed by atoms with van der Waals surface area (Å²) >= 11 is 0. The second kappa shape index (κ2) is 5.52. The van der Waals surface area contributed by atoms with Gasteiger partial charge in [0.05, 0.1) is 11.2 Å². The first-order valence-electron chi connectivity index (χ1n) is 6.10. The average Bonchev–Trinajstić information content (AvgIpc) is 2.30. The van der Waals surface area contributed by atoms with Gasteiger partial charge in [0.2, 0.25) is 5.82 Å². The summed E-state index contributed by atoms with van der Waals surface area (Å²) in [5.41, 5.74) is -0.695. The number of aliphatic carboxylic acids is 1. The third-order valence-electron chi connectivity index (χ3n) is 2.03. The SMILES string of the molecule is [2H]C([2H])([2H])Oc1cc(CC(=O)CC(=O)O)c(F)c(F)c1F. The van der Waals surface area contributed by atoms with E-state index in [2.05, 4.69) is 4.74 Å². The number of carbonyl (C=O) groups is 2. The first-order chi connectivity index (χ1) is 9.51. The molecule has 0 heterocycles. The Labute approximate surface area is 104 Å². The third kappa shape index (κ3) is 2.99. The molecule has 0 aliphatic rings. The maximum Gasteiger partial charge on any atom is 0.310 e. The Morgan fingerprint density at radius 1 is 1.33 bits per heavy atom. The molecule has 0 unspecified atom stereocenters. The van der Waals surface area contributed by atoms with Crippen molar-refractivity contribution >= 4 is 11.8 Å². The van der Waals surface area contributed by atoms with Crippen molar-refractivity contribution in [2.45, 2.75) is 12.8 Å². The van der Waals surface area contributed by atoms with E-state index in [1.54, 1.807) is 0 Å². The first-order valence-corrected chi connectivity index (χ1v) is 4.60. The molecule has 0 aliphatic carbocycles. The number of halogens is 3. The van der Waals surface area contributed by atoms with Gasteiger partial charge in [-0.25, -0.2) is 8.78 Å². The molecule has 0 radical (unpaired) electrons. The molecule has 1 N–H and O–H groups in total. The summed E-state index contributed by atoms with van der Waals surface area (Å²) in [6.45, 7) is 0. The van der Waals surface area contributed by atoms with E-state index in [4.69, 9.17) is 9.22 Å². The van der Waals surface area contributed by atoms with Gasteiger partial charge in [-0.3, -0.25) is 9.59 Å². The number of methoxy groups -OCH3 is 1. The summed E-state index contributed by atoms with van der Waals surface area (Å²) in [6, 6.07) is 0.514. The molecule has 0 spiro atoms. The second-order valence-electron chi connectivity index (χ2n) is 3.36. The highest BCUT2D eigenvalue weighted by Crippen LogP contribution is 2.25. The van der Waals surface area contributed by atoms with Crippen molar-refractivity contribution in [3.05, 3.63) is 29.1 Å². The van der Waals surface area contributed by atoms with Crippen molar-refractivity contribution in [1.82, 2.24) is 0 Å². The van der Waals surface area contributed by atoms with Crippen LogP contribution < -0.4 is 4.74 Å². The van der Waals surface area contributed by atoms with Crippen molar-refractivity contribution in [3.63, 3.8) is 0 Å². The van der Waals surface area contributed by atoms with Gasteiger partial charge in [0.15, 0.2) is 17.4 Å². The van der Waals surface area contributed by atoms with Gasteiger partial charge in [0.1, 0.15) is 12.2 Å². The van der Waals surface area contributed by atoms with Crippen molar-refractivity contribution in [2.24, 2.45) is 0 Å². The van der Waals surface area contributed by atoms with Gasteiger partial charge in [-0.15, -0.1) is 0 Å². The van der Waals surface area contributed by atoms with Crippen LogP contribution in [0.3, 0.4) is 0 Å². The van der Waals surface area contributed by atoms with Crippen molar-refractivity contribution in [2.75, 3.05) is 7.04 Å². The fourth-order valence-corrected chi connectivity index (χ4v) is 1.28. The molecule has 0 aromatic heterocycles. The molecule has 1 aromatic carbocycles. The molecular weight excluding hydrogens is 253 g/mol. The van der Waals surface area contributed by atoms with Crippen LogP contribution >= 0.6 is 0 Å². The Balaban J connectivity index is 3.15. The highest BCUT2D eigenvalue weighted by molar-refractivity contribution is 5.95. The highest BCUT2D eigenvalue weighted by Gasteiger charge is 2.21. The number of hydrogen-bond donors (Lipinski definition) is 1. The van der Waals surface area contributed by atoms with Crippen molar-refractivity contribution in [1.29, 1.82) is 0 Å². The number of ketones is 1. The summed E-state index contributed by atoms with van der Waals surface area (Å²) < 4.78 is 64.6. The Bertz CT molecular complexity index is 587. The number of benzene rings is 1. The number of carboxylic acid groups (broad SMARTS) is 1. The summed E-state index contributed by atoms with van der Waals surface area (Å²) in [4.78, 5) is 21.6. The molecular formula is C11H9F3O4. The van der Waals surface area contributed by atoms with E-state index in [0.29, 0.717) is 6.07 Å². The van der Waals surface area contributed by atoms with Crippen LogP contribution in [0.5, 0.6) is 5.75 Å². The zero-order valence-corrected chi connectivity index (χ0v) is 8.80. The fourth-order valence-electron chi connectivity index (χ4n) is 1.28. The van der Waals surface area contributed by atoms with E-state index in [1.165, 1.54) is 0 Å². The van der Waals surface area contributed by atoms with Crippen LogP contribution in [-0.2, 0) is 16.0 Å². The lowest BCUT2D eigenvalue weighted by atomic mass is 10.1. The van der Waals surface area contributed by atoms with E-state index in [1.807, 2.05) is 0 Å². The average molecular weight is 265 g/mol. The third-order valence-corrected chi connectivity index (χ3v) is 2.03. The lowest BCUT2D eigenvalue weighted by Crippen LogP contribution is -2.11. The summed E-state index contributed by atoms with van der Waals surface area (Å²) in [7, 11) is -3.10. The predicted octanol–water partition coefficient (Wildman–Crippen LogP) is 1.70. The van der Waals surface area contributed by atoms with E-state index in [-0.39, 0.29) is 0 Å². The highest BCUT2D eigenvalue weighted by atomic mass is 19.2. The minimum Gasteiger partial charge on any atom is -0.494 e. The van der Waals surface area contributed by atoms with E-state index in [9.17, 15) is 22.8 Å². The molecule has 0 saturated carbocycles. The predicted molar refractivity (Wildman–Crippen MR) is 53.8 cm³/mol. The smallest absolute Gasteiger partial charge is 0.310 e. The zero-order chi connectivity index (χ0) is 16.4.